The second-order valence-corrected chi connectivity index (χ2v) is 7.89. The maximum Gasteiger partial charge on any atom is 0.215 e. The number of rotatable bonds is 6. The van der Waals surface area contributed by atoms with E-state index >= 15 is 0 Å². The molecule has 1 aromatic rings. The topological polar surface area (TPSA) is 49.4 Å². The van der Waals surface area contributed by atoms with Crippen LogP contribution in [0.15, 0.2) is 30.3 Å². The van der Waals surface area contributed by atoms with Gasteiger partial charge >= 0.3 is 0 Å². The molecule has 1 unspecified atom stereocenters. The molecule has 1 heterocycles. The van der Waals surface area contributed by atoms with Crippen LogP contribution in [0.2, 0.25) is 0 Å². The summed E-state index contributed by atoms with van der Waals surface area (Å²) < 4.78 is 26.3. The minimum atomic E-state index is -3.10. The maximum atomic E-state index is 12.3. The molecule has 1 aliphatic heterocycles. The van der Waals surface area contributed by atoms with Crippen molar-refractivity contribution in [1.29, 1.82) is 0 Å². The third kappa shape index (κ3) is 3.40. The quantitative estimate of drug-likeness (QED) is 0.866. The molecule has 0 bridgehead atoms. The Kier molecular flexibility index (Phi) is 4.10. The van der Waals surface area contributed by atoms with E-state index in [0.717, 1.165) is 6.42 Å². The molecule has 1 N–H and O–H groups in total. The number of benzene rings is 1. The highest BCUT2D eigenvalue weighted by molar-refractivity contribution is 7.89. The predicted molar refractivity (Wildman–Crippen MR) is 80.2 cm³/mol. The normalized spacial score (nSPS) is 24.1. The van der Waals surface area contributed by atoms with Crippen LogP contribution < -0.4 is 5.32 Å². The molecule has 4 nitrogen and oxygen atoms in total. The highest BCUT2D eigenvalue weighted by Gasteiger charge is 2.32. The molecule has 1 saturated carbocycles. The van der Waals surface area contributed by atoms with Crippen molar-refractivity contribution in [2.45, 2.75) is 31.2 Å². The highest BCUT2D eigenvalue weighted by Crippen LogP contribution is 2.28. The molecule has 0 aromatic heterocycles. The zero-order valence-electron chi connectivity index (χ0n) is 11.7. The fourth-order valence-corrected chi connectivity index (χ4v) is 4.21. The van der Waals surface area contributed by atoms with E-state index in [1.165, 1.54) is 18.4 Å². The Morgan fingerprint density at radius 2 is 1.90 bits per heavy atom. The fraction of sp³-hybridized carbons (Fsp3) is 0.600. The van der Waals surface area contributed by atoms with Crippen LogP contribution in [0.3, 0.4) is 0 Å². The van der Waals surface area contributed by atoms with Crippen molar-refractivity contribution < 1.29 is 8.42 Å². The lowest BCUT2D eigenvalue weighted by molar-refractivity contribution is 0.471. The monoisotopic (exact) mass is 294 g/mol. The van der Waals surface area contributed by atoms with Crippen LogP contribution in [0, 0.1) is 0 Å². The van der Waals surface area contributed by atoms with Gasteiger partial charge in [-0.15, -0.1) is 0 Å². The first kappa shape index (κ1) is 14.0. The van der Waals surface area contributed by atoms with Crippen LogP contribution >= 0.6 is 0 Å². The van der Waals surface area contributed by atoms with E-state index < -0.39 is 10.0 Å². The summed E-state index contributed by atoms with van der Waals surface area (Å²) >= 11 is 0. The molecule has 2 aliphatic rings. The molecule has 0 spiro atoms. The summed E-state index contributed by atoms with van der Waals surface area (Å²) in [5, 5.41) is 3.27. The van der Waals surface area contributed by atoms with Gasteiger partial charge in [-0.1, -0.05) is 30.3 Å². The van der Waals surface area contributed by atoms with E-state index in [-0.39, 0.29) is 5.75 Å². The van der Waals surface area contributed by atoms with Crippen molar-refractivity contribution in [3.8, 4) is 0 Å². The number of nitrogens with one attached hydrogen (secondary N) is 1. The van der Waals surface area contributed by atoms with Crippen LogP contribution in [-0.2, 0) is 10.0 Å². The summed E-state index contributed by atoms with van der Waals surface area (Å²) in [5.41, 5.74) is 1.25. The summed E-state index contributed by atoms with van der Waals surface area (Å²) in [6.07, 6.45) is 3.32. The first-order valence-corrected chi connectivity index (χ1v) is 9.02. The Balaban J connectivity index is 1.55. The predicted octanol–water partition coefficient (Wildman–Crippen LogP) is 1.56. The van der Waals surface area contributed by atoms with Gasteiger partial charge in [0.15, 0.2) is 0 Å². The van der Waals surface area contributed by atoms with Gasteiger partial charge in [0, 0.05) is 25.7 Å². The van der Waals surface area contributed by atoms with Crippen molar-refractivity contribution >= 4 is 10.0 Å². The molecule has 3 rings (SSSR count). The zero-order chi connectivity index (χ0) is 14.0. The van der Waals surface area contributed by atoms with Gasteiger partial charge in [-0.05, 0) is 30.7 Å². The van der Waals surface area contributed by atoms with Gasteiger partial charge in [-0.25, -0.2) is 12.7 Å². The molecular formula is C15H22N2O2S. The Labute approximate surface area is 121 Å². The standard InChI is InChI=1S/C15H22N2O2S/c18-20(19,11-9-16-15-6-7-15)17-10-8-14(12-17)13-4-2-1-3-5-13/h1-5,14-16H,6-12H2. The average Bonchev–Trinajstić information content (AvgIpc) is 3.12. The summed E-state index contributed by atoms with van der Waals surface area (Å²) in [6.45, 7) is 1.88. The molecule has 110 valence electrons. The van der Waals surface area contributed by atoms with Gasteiger partial charge in [-0.2, -0.15) is 0 Å². The van der Waals surface area contributed by atoms with Crippen LogP contribution in [-0.4, -0.2) is 44.2 Å². The van der Waals surface area contributed by atoms with Crippen molar-refractivity contribution in [2.24, 2.45) is 0 Å². The SMILES string of the molecule is O=S(=O)(CCNC1CC1)N1CCC(c2ccccc2)C1. The lowest BCUT2D eigenvalue weighted by Gasteiger charge is -2.17. The van der Waals surface area contributed by atoms with Crippen molar-refractivity contribution in [1.82, 2.24) is 9.62 Å². The lowest BCUT2D eigenvalue weighted by atomic mass is 9.99. The second kappa shape index (κ2) is 5.84. The van der Waals surface area contributed by atoms with Crippen LogP contribution in [0.25, 0.3) is 0 Å². The Bertz CT molecular complexity index is 540. The third-order valence-corrected chi connectivity index (χ3v) is 6.02. The molecule has 2 fully saturated rings. The number of hydrogen-bond donors (Lipinski definition) is 1. The fourth-order valence-electron chi connectivity index (χ4n) is 2.79. The largest absolute Gasteiger partial charge is 0.313 e. The summed E-state index contributed by atoms with van der Waals surface area (Å²) in [7, 11) is -3.10. The van der Waals surface area contributed by atoms with Crippen molar-refractivity contribution in [3.05, 3.63) is 35.9 Å². The second-order valence-electron chi connectivity index (χ2n) is 5.80. The molecule has 0 radical (unpaired) electrons. The Morgan fingerprint density at radius 3 is 2.60 bits per heavy atom. The smallest absolute Gasteiger partial charge is 0.215 e. The van der Waals surface area contributed by atoms with E-state index in [0.29, 0.717) is 31.6 Å². The molecule has 5 heteroatoms. The zero-order valence-corrected chi connectivity index (χ0v) is 12.5. The van der Waals surface area contributed by atoms with E-state index in [9.17, 15) is 8.42 Å². The first-order valence-electron chi connectivity index (χ1n) is 7.41. The van der Waals surface area contributed by atoms with Crippen molar-refractivity contribution in [3.63, 3.8) is 0 Å². The number of hydrogen-bond acceptors (Lipinski definition) is 3. The van der Waals surface area contributed by atoms with Gasteiger partial charge in [0.1, 0.15) is 0 Å². The summed E-state index contributed by atoms with van der Waals surface area (Å²) in [5.74, 6) is 0.577. The van der Waals surface area contributed by atoms with Crippen LogP contribution in [0.4, 0.5) is 0 Å². The number of nitrogens with zero attached hydrogens (tertiary/aromatic N) is 1. The van der Waals surface area contributed by atoms with E-state index in [2.05, 4.69) is 17.4 Å². The van der Waals surface area contributed by atoms with E-state index in [1.807, 2.05) is 18.2 Å². The maximum absolute atomic E-state index is 12.3. The average molecular weight is 294 g/mol. The van der Waals surface area contributed by atoms with Gasteiger partial charge in [-0.3, -0.25) is 0 Å². The Morgan fingerprint density at radius 1 is 1.15 bits per heavy atom. The summed E-state index contributed by atoms with van der Waals surface area (Å²) in [4.78, 5) is 0. The molecular weight excluding hydrogens is 272 g/mol. The summed E-state index contributed by atoms with van der Waals surface area (Å²) in [6, 6.07) is 10.8. The molecule has 20 heavy (non-hydrogen) atoms. The lowest BCUT2D eigenvalue weighted by Crippen LogP contribution is -2.35. The molecule has 1 aromatic carbocycles. The van der Waals surface area contributed by atoms with Gasteiger partial charge in [0.2, 0.25) is 10.0 Å². The first-order chi connectivity index (χ1) is 9.65. The molecule has 1 atom stereocenters. The van der Waals surface area contributed by atoms with E-state index in [1.54, 1.807) is 4.31 Å². The minimum absolute atomic E-state index is 0.227. The molecule has 1 aliphatic carbocycles. The van der Waals surface area contributed by atoms with Crippen molar-refractivity contribution in [2.75, 3.05) is 25.4 Å². The molecule has 0 amide bonds. The minimum Gasteiger partial charge on any atom is -0.313 e. The number of sulfonamides is 1. The highest BCUT2D eigenvalue weighted by atomic mass is 32.2. The van der Waals surface area contributed by atoms with Crippen LogP contribution in [0.1, 0.15) is 30.7 Å². The van der Waals surface area contributed by atoms with Gasteiger partial charge < -0.3 is 5.32 Å². The molecule has 1 saturated heterocycles. The van der Waals surface area contributed by atoms with Crippen LogP contribution in [0.5, 0.6) is 0 Å². The van der Waals surface area contributed by atoms with Gasteiger partial charge in [0.25, 0.3) is 0 Å². The third-order valence-electron chi connectivity index (χ3n) is 4.19. The Hall–Kier alpha value is -0.910. The van der Waals surface area contributed by atoms with Gasteiger partial charge in [0.05, 0.1) is 5.75 Å². The van der Waals surface area contributed by atoms with E-state index in [4.69, 9.17) is 0 Å².